The first-order chi connectivity index (χ1) is 6.24. The van der Waals surface area contributed by atoms with Gasteiger partial charge in [0.1, 0.15) is 0 Å². The summed E-state index contributed by atoms with van der Waals surface area (Å²) in [5.74, 6) is 0.652. The zero-order valence-corrected chi connectivity index (χ0v) is 8.59. The van der Waals surface area contributed by atoms with E-state index in [1.165, 1.54) is 17.6 Å². The van der Waals surface area contributed by atoms with E-state index >= 15 is 0 Å². The van der Waals surface area contributed by atoms with Crippen LogP contribution in [0.2, 0.25) is 0 Å². The highest BCUT2D eigenvalue weighted by Gasteiger charge is 2.07. The molecule has 1 aromatic rings. The highest BCUT2D eigenvalue weighted by molar-refractivity contribution is 5.20. The second kappa shape index (κ2) is 4.86. The van der Waals surface area contributed by atoms with Crippen molar-refractivity contribution in [2.24, 2.45) is 0 Å². The van der Waals surface area contributed by atoms with Crippen LogP contribution in [0.5, 0.6) is 0 Å². The SMILES string of the molecule is C=C(C)C[C@H](CC)c1ccccc1. The van der Waals surface area contributed by atoms with Gasteiger partial charge in [-0.1, -0.05) is 42.8 Å². The smallest absolute Gasteiger partial charge is 0.0128 e. The molecule has 0 fully saturated rings. The minimum absolute atomic E-state index is 0.652. The van der Waals surface area contributed by atoms with Gasteiger partial charge in [-0.25, -0.2) is 0 Å². The summed E-state index contributed by atoms with van der Waals surface area (Å²) >= 11 is 0. The molecule has 0 aliphatic heterocycles. The Labute approximate surface area is 81.3 Å². The Balaban J connectivity index is 2.73. The van der Waals surface area contributed by atoms with Crippen LogP contribution < -0.4 is 0 Å². The molecule has 0 spiro atoms. The first-order valence-electron chi connectivity index (χ1n) is 4.93. The maximum Gasteiger partial charge on any atom is -0.0128 e. The van der Waals surface area contributed by atoms with Gasteiger partial charge < -0.3 is 0 Å². The van der Waals surface area contributed by atoms with Gasteiger partial charge in [-0.15, -0.1) is 6.58 Å². The van der Waals surface area contributed by atoms with Gasteiger partial charge >= 0.3 is 0 Å². The van der Waals surface area contributed by atoms with E-state index in [1.54, 1.807) is 0 Å². The lowest BCUT2D eigenvalue weighted by molar-refractivity contribution is 0.657. The number of hydrogen-bond acceptors (Lipinski definition) is 0. The van der Waals surface area contributed by atoms with Crippen LogP contribution in [0.1, 0.15) is 38.2 Å². The zero-order valence-electron chi connectivity index (χ0n) is 8.59. The van der Waals surface area contributed by atoms with Crippen molar-refractivity contribution in [2.75, 3.05) is 0 Å². The average molecular weight is 174 g/mol. The van der Waals surface area contributed by atoms with Crippen molar-refractivity contribution in [1.82, 2.24) is 0 Å². The van der Waals surface area contributed by atoms with Gasteiger partial charge in [0.2, 0.25) is 0 Å². The molecule has 1 atom stereocenters. The standard InChI is InChI=1S/C13H18/c1-4-12(10-11(2)3)13-8-6-5-7-9-13/h5-9,12H,2,4,10H2,1,3H3/t12-/m0/s1. The van der Waals surface area contributed by atoms with Crippen molar-refractivity contribution in [3.63, 3.8) is 0 Å². The molecule has 0 bridgehead atoms. The van der Waals surface area contributed by atoms with Gasteiger partial charge in [-0.2, -0.15) is 0 Å². The van der Waals surface area contributed by atoms with Gasteiger partial charge in [0.15, 0.2) is 0 Å². The van der Waals surface area contributed by atoms with Crippen molar-refractivity contribution in [3.8, 4) is 0 Å². The Hall–Kier alpha value is -1.04. The fourth-order valence-corrected chi connectivity index (χ4v) is 1.64. The first-order valence-corrected chi connectivity index (χ1v) is 4.93. The van der Waals surface area contributed by atoms with E-state index in [4.69, 9.17) is 0 Å². The maximum absolute atomic E-state index is 3.97. The summed E-state index contributed by atoms with van der Waals surface area (Å²) < 4.78 is 0. The number of rotatable bonds is 4. The van der Waals surface area contributed by atoms with Crippen LogP contribution in [-0.4, -0.2) is 0 Å². The summed E-state index contributed by atoms with van der Waals surface area (Å²) in [7, 11) is 0. The molecule has 0 heterocycles. The highest BCUT2D eigenvalue weighted by atomic mass is 14.1. The summed E-state index contributed by atoms with van der Waals surface area (Å²) in [5.41, 5.74) is 2.71. The molecular weight excluding hydrogens is 156 g/mol. The summed E-state index contributed by atoms with van der Waals surface area (Å²) in [4.78, 5) is 0. The molecule has 0 nitrogen and oxygen atoms in total. The third kappa shape index (κ3) is 3.06. The molecule has 0 unspecified atom stereocenters. The minimum Gasteiger partial charge on any atom is -0.100 e. The van der Waals surface area contributed by atoms with Gasteiger partial charge in [0.05, 0.1) is 0 Å². The lowest BCUT2D eigenvalue weighted by Crippen LogP contribution is -1.97. The van der Waals surface area contributed by atoms with E-state index in [1.807, 2.05) is 0 Å². The summed E-state index contributed by atoms with van der Waals surface area (Å²) in [6.45, 7) is 8.31. The van der Waals surface area contributed by atoms with E-state index in [0.29, 0.717) is 5.92 Å². The van der Waals surface area contributed by atoms with Gasteiger partial charge in [0.25, 0.3) is 0 Å². The molecule has 0 radical (unpaired) electrons. The highest BCUT2D eigenvalue weighted by Crippen LogP contribution is 2.25. The van der Waals surface area contributed by atoms with Crippen molar-refractivity contribution < 1.29 is 0 Å². The molecule has 1 rings (SSSR count). The van der Waals surface area contributed by atoms with Crippen LogP contribution in [0.3, 0.4) is 0 Å². The quantitative estimate of drug-likeness (QED) is 0.602. The predicted molar refractivity (Wildman–Crippen MR) is 58.9 cm³/mol. The van der Waals surface area contributed by atoms with Crippen LogP contribution in [0.15, 0.2) is 42.5 Å². The van der Waals surface area contributed by atoms with Crippen molar-refractivity contribution in [3.05, 3.63) is 48.0 Å². The Morgan fingerprint density at radius 1 is 1.31 bits per heavy atom. The van der Waals surface area contributed by atoms with Gasteiger partial charge in [-0.3, -0.25) is 0 Å². The number of allylic oxidation sites excluding steroid dienone is 1. The van der Waals surface area contributed by atoms with Crippen molar-refractivity contribution in [2.45, 2.75) is 32.6 Å². The lowest BCUT2D eigenvalue weighted by Gasteiger charge is -2.14. The third-order valence-corrected chi connectivity index (χ3v) is 2.36. The largest absolute Gasteiger partial charge is 0.100 e. The number of hydrogen-bond donors (Lipinski definition) is 0. The third-order valence-electron chi connectivity index (χ3n) is 2.36. The molecule has 1 aromatic carbocycles. The summed E-state index contributed by atoms with van der Waals surface area (Å²) in [5, 5.41) is 0. The normalized spacial score (nSPS) is 12.5. The Kier molecular flexibility index (Phi) is 3.75. The molecular formula is C13H18. The van der Waals surface area contributed by atoms with Crippen molar-refractivity contribution in [1.29, 1.82) is 0 Å². The van der Waals surface area contributed by atoms with Crippen LogP contribution >= 0.6 is 0 Å². The second-order valence-corrected chi connectivity index (χ2v) is 3.68. The Morgan fingerprint density at radius 2 is 1.92 bits per heavy atom. The lowest BCUT2D eigenvalue weighted by atomic mass is 9.91. The Morgan fingerprint density at radius 3 is 2.38 bits per heavy atom. The van der Waals surface area contributed by atoms with E-state index in [2.05, 4.69) is 50.8 Å². The van der Waals surface area contributed by atoms with Crippen LogP contribution in [0, 0.1) is 0 Å². The summed E-state index contributed by atoms with van der Waals surface area (Å²) in [6, 6.07) is 10.7. The molecule has 0 aromatic heterocycles. The zero-order chi connectivity index (χ0) is 9.68. The molecule has 0 saturated heterocycles. The fraction of sp³-hybridized carbons (Fsp3) is 0.385. The van der Waals surface area contributed by atoms with E-state index < -0.39 is 0 Å². The Bertz CT molecular complexity index is 259. The average Bonchev–Trinajstić information content (AvgIpc) is 2.15. The topological polar surface area (TPSA) is 0 Å². The fourth-order valence-electron chi connectivity index (χ4n) is 1.64. The van der Waals surface area contributed by atoms with E-state index in [-0.39, 0.29) is 0 Å². The molecule has 70 valence electrons. The monoisotopic (exact) mass is 174 g/mol. The molecule has 0 aliphatic rings. The molecule has 0 amide bonds. The van der Waals surface area contributed by atoms with E-state index in [0.717, 1.165) is 6.42 Å². The van der Waals surface area contributed by atoms with Crippen LogP contribution in [-0.2, 0) is 0 Å². The molecule has 13 heavy (non-hydrogen) atoms. The molecule has 0 saturated carbocycles. The molecule has 0 heteroatoms. The first kappa shape index (κ1) is 10.0. The second-order valence-electron chi connectivity index (χ2n) is 3.68. The molecule has 0 aliphatic carbocycles. The van der Waals surface area contributed by atoms with E-state index in [9.17, 15) is 0 Å². The van der Waals surface area contributed by atoms with Crippen LogP contribution in [0.4, 0.5) is 0 Å². The summed E-state index contributed by atoms with van der Waals surface area (Å²) in [6.07, 6.45) is 2.30. The maximum atomic E-state index is 3.97. The van der Waals surface area contributed by atoms with Gasteiger partial charge in [-0.05, 0) is 31.2 Å². The molecule has 0 N–H and O–H groups in total. The minimum atomic E-state index is 0.652. The predicted octanol–water partition coefficient (Wildman–Crippen LogP) is 4.15. The van der Waals surface area contributed by atoms with Gasteiger partial charge in [0, 0.05) is 0 Å². The van der Waals surface area contributed by atoms with Crippen molar-refractivity contribution >= 4 is 0 Å². The van der Waals surface area contributed by atoms with Crippen LogP contribution in [0.25, 0.3) is 0 Å². The number of benzene rings is 1.